The summed E-state index contributed by atoms with van der Waals surface area (Å²) in [6.07, 6.45) is 3.73. The van der Waals surface area contributed by atoms with Crippen molar-refractivity contribution < 1.29 is 4.74 Å². The molecule has 2 atom stereocenters. The van der Waals surface area contributed by atoms with Crippen LogP contribution >= 0.6 is 0 Å². The summed E-state index contributed by atoms with van der Waals surface area (Å²) in [5.41, 5.74) is 6.38. The number of hydrogen-bond donors (Lipinski definition) is 1. The van der Waals surface area contributed by atoms with E-state index < -0.39 is 0 Å². The lowest BCUT2D eigenvalue weighted by atomic mass is 9.88. The number of ether oxygens (including phenoxy) is 1. The zero-order valence-corrected chi connectivity index (χ0v) is 10.5. The van der Waals surface area contributed by atoms with Crippen LogP contribution in [0.25, 0.3) is 0 Å². The molecule has 2 N–H and O–H groups in total. The van der Waals surface area contributed by atoms with Gasteiger partial charge in [-0.05, 0) is 46.2 Å². The number of nitrogens with zero attached hydrogens (tertiary/aromatic N) is 1. The first-order valence-corrected chi connectivity index (χ1v) is 6.23. The first kappa shape index (κ1) is 12.9. The molecule has 0 aliphatic carbocycles. The second-order valence-electron chi connectivity index (χ2n) is 4.67. The molecule has 0 aromatic rings. The van der Waals surface area contributed by atoms with Crippen molar-refractivity contribution in [3.63, 3.8) is 0 Å². The van der Waals surface area contributed by atoms with E-state index in [4.69, 9.17) is 10.5 Å². The molecular formula is C12H26N2O. The third-order valence-corrected chi connectivity index (χ3v) is 3.84. The molecule has 2 unspecified atom stereocenters. The Hall–Kier alpha value is -0.120. The molecule has 0 aromatic heterocycles. The largest absolute Gasteiger partial charge is 0.380 e. The van der Waals surface area contributed by atoms with E-state index in [1.807, 2.05) is 6.92 Å². The molecule has 0 saturated carbocycles. The normalized spacial score (nSPS) is 24.0. The zero-order chi connectivity index (χ0) is 11.3. The lowest BCUT2D eigenvalue weighted by molar-refractivity contribution is 0.0430. The van der Waals surface area contributed by atoms with Crippen LogP contribution in [0.3, 0.4) is 0 Å². The van der Waals surface area contributed by atoms with Gasteiger partial charge in [-0.2, -0.15) is 0 Å². The van der Waals surface area contributed by atoms with Gasteiger partial charge in [0.1, 0.15) is 0 Å². The van der Waals surface area contributed by atoms with E-state index >= 15 is 0 Å². The summed E-state index contributed by atoms with van der Waals surface area (Å²) >= 11 is 0. The van der Waals surface area contributed by atoms with Gasteiger partial charge in [-0.1, -0.05) is 6.92 Å². The molecule has 0 aromatic carbocycles. The van der Waals surface area contributed by atoms with Crippen LogP contribution in [0.4, 0.5) is 0 Å². The monoisotopic (exact) mass is 214 g/mol. The maximum Gasteiger partial charge on any atom is 0.0635 e. The summed E-state index contributed by atoms with van der Waals surface area (Å²) in [6, 6.07) is 0.126. The Morgan fingerprint density at radius 1 is 1.33 bits per heavy atom. The van der Waals surface area contributed by atoms with Gasteiger partial charge in [0, 0.05) is 18.2 Å². The van der Waals surface area contributed by atoms with Crippen molar-refractivity contribution in [3.05, 3.63) is 0 Å². The molecule has 1 aliphatic rings. The predicted molar refractivity (Wildman–Crippen MR) is 64.0 cm³/mol. The van der Waals surface area contributed by atoms with Gasteiger partial charge < -0.3 is 10.5 Å². The van der Waals surface area contributed by atoms with Crippen molar-refractivity contribution in [1.29, 1.82) is 0 Å². The van der Waals surface area contributed by atoms with E-state index in [0.717, 1.165) is 13.0 Å². The topological polar surface area (TPSA) is 38.5 Å². The molecule has 0 amide bonds. The van der Waals surface area contributed by atoms with Crippen molar-refractivity contribution in [2.45, 2.75) is 51.6 Å². The van der Waals surface area contributed by atoms with Crippen LogP contribution in [0.1, 0.15) is 40.0 Å². The lowest BCUT2D eigenvalue weighted by Gasteiger charge is -2.42. The maximum atomic E-state index is 6.26. The lowest BCUT2D eigenvalue weighted by Crippen LogP contribution is -2.58. The molecule has 0 radical (unpaired) electrons. The molecule has 0 spiro atoms. The number of rotatable bonds is 6. The molecule has 1 fully saturated rings. The molecule has 90 valence electrons. The van der Waals surface area contributed by atoms with Gasteiger partial charge in [0.05, 0.1) is 6.61 Å². The van der Waals surface area contributed by atoms with Crippen LogP contribution in [0.2, 0.25) is 0 Å². The number of nitrogens with two attached hydrogens (primary N) is 1. The minimum absolute atomic E-state index is 0.117. The smallest absolute Gasteiger partial charge is 0.0635 e. The number of hydrogen-bond acceptors (Lipinski definition) is 3. The molecule has 1 saturated heterocycles. The summed E-state index contributed by atoms with van der Waals surface area (Å²) < 4.78 is 5.45. The predicted octanol–water partition coefficient (Wildman–Crippen LogP) is 1.61. The van der Waals surface area contributed by atoms with Crippen LogP contribution in [-0.4, -0.2) is 42.8 Å². The van der Waals surface area contributed by atoms with Crippen LogP contribution in [-0.2, 0) is 4.74 Å². The van der Waals surface area contributed by atoms with Gasteiger partial charge in [0.2, 0.25) is 0 Å². The molecule has 1 aliphatic heterocycles. The fourth-order valence-corrected chi connectivity index (χ4v) is 2.37. The Morgan fingerprint density at radius 3 is 2.40 bits per heavy atom. The van der Waals surface area contributed by atoms with E-state index in [0.29, 0.717) is 6.61 Å². The molecule has 15 heavy (non-hydrogen) atoms. The molecule has 1 heterocycles. The van der Waals surface area contributed by atoms with Crippen LogP contribution in [0.5, 0.6) is 0 Å². The van der Waals surface area contributed by atoms with Gasteiger partial charge in [-0.3, -0.25) is 4.90 Å². The summed E-state index contributed by atoms with van der Waals surface area (Å²) in [7, 11) is 0. The van der Waals surface area contributed by atoms with E-state index in [2.05, 4.69) is 18.7 Å². The highest BCUT2D eigenvalue weighted by Crippen LogP contribution is 2.27. The molecule has 3 heteroatoms. The molecule has 0 bridgehead atoms. The maximum absolute atomic E-state index is 6.26. The van der Waals surface area contributed by atoms with Gasteiger partial charge in [0.15, 0.2) is 0 Å². The van der Waals surface area contributed by atoms with E-state index in [1.165, 1.54) is 25.9 Å². The van der Waals surface area contributed by atoms with E-state index in [-0.39, 0.29) is 11.6 Å². The standard InChI is InChI=1S/C12H26N2O/c1-4-12(3,11(13)10-15-5-2)14-8-6-7-9-14/h11H,4-10,13H2,1-3H3. The summed E-state index contributed by atoms with van der Waals surface area (Å²) in [6.45, 7) is 10.4. The molecular weight excluding hydrogens is 188 g/mol. The van der Waals surface area contributed by atoms with Gasteiger partial charge >= 0.3 is 0 Å². The van der Waals surface area contributed by atoms with Gasteiger partial charge in [-0.15, -0.1) is 0 Å². The highest BCUT2D eigenvalue weighted by molar-refractivity contribution is 4.96. The van der Waals surface area contributed by atoms with Crippen LogP contribution in [0, 0.1) is 0 Å². The quantitative estimate of drug-likeness (QED) is 0.730. The highest BCUT2D eigenvalue weighted by atomic mass is 16.5. The summed E-state index contributed by atoms with van der Waals surface area (Å²) in [5, 5.41) is 0. The zero-order valence-electron chi connectivity index (χ0n) is 10.5. The summed E-state index contributed by atoms with van der Waals surface area (Å²) in [5.74, 6) is 0. The first-order valence-electron chi connectivity index (χ1n) is 6.23. The average molecular weight is 214 g/mol. The van der Waals surface area contributed by atoms with Crippen LogP contribution < -0.4 is 5.73 Å². The van der Waals surface area contributed by atoms with Crippen LogP contribution in [0.15, 0.2) is 0 Å². The minimum atomic E-state index is 0.117. The Bertz CT molecular complexity index is 180. The summed E-state index contributed by atoms with van der Waals surface area (Å²) in [4.78, 5) is 2.54. The highest BCUT2D eigenvalue weighted by Gasteiger charge is 2.37. The van der Waals surface area contributed by atoms with Crippen molar-refractivity contribution in [1.82, 2.24) is 4.90 Å². The van der Waals surface area contributed by atoms with Gasteiger partial charge in [-0.25, -0.2) is 0 Å². The van der Waals surface area contributed by atoms with Crippen molar-refractivity contribution in [2.24, 2.45) is 5.73 Å². The molecule has 1 rings (SSSR count). The fraction of sp³-hybridized carbons (Fsp3) is 1.00. The Labute approximate surface area is 94.0 Å². The Balaban J connectivity index is 2.56. The SMILES string of the molecule is CCOCC(N)C(C)(CC)N1CCCC1. The third kappa shape index (κ3) is 2.92. The van der Waals surface area contributed by atoms with E-state index in [1.54, 1.807) is 0 Å². The fourth-order valence-electron chi connectivity index (χ4n) is 2.37. The minimum Gasteiger partial charge on any atom is -0.380 e. The number of likely N-dealkylation sites (tertiary alicyclic amines) is 1. The Morgan fingerprint density at radius 2 is 1.93 bits per heavy atom. The molecule has 3 nitrogen and oxygen atoms in total. The Kier molecular flexibility index (Phi) is 5.03. The second-order valence-corrected chi connectivity index (χ2v) is 4.67. The van der Waals surface area contributed by atoms with E-state index in [9.17, 15) is 0 Å². The first-order chi connectivity index (χ1) is 7.15. The van der Waals surface area contributed by atoms with Crippen molar-refractivity contribution >= 4 is 0 Å². The van der Waals surface area contributed by atoms with Crippen molar-refractivity contribution in [3.8, 4) is 0 Å². The van der Waals surface area contributed by atoms with Crippen molar-refractivity contribution in [2.75, 3.05) is 26.3 Å². The average Bonchev–Trinajstić information content (AvgIpc) is 2.78. The third-order valence-electron chi connectivity index (χ3n) is 3.84. The van der Waals surface area contributed by atoms with Gasteiger partial charge in [0.25, 0.3) is 0 Å². The second kappa shape index (κ2) is 5.83.